The quantitative estimate of drug-likeness (QED) is 0.614. The van der Waals surface area contributed by atoms with Crippen LogP contribution in [0.3, 0.4) is 0 Å². The van der Waals surface area contributed by atoms with E-state index in [0.717, 1.165) is 10.9 Å². The maximum atomic E-state index is 13.6. The molecule has 0 radical (unpaired) electrons. The third kappa shape index (κ3) is 4.20. The van der Waals surface area contributed by atoms with Crippen LogP contribution in [-0.2, 0) is 17.7 Å². The highest BCUT2D eigenvalue weighted by atomic mass is 19.1. The lowest BCUT2D eigenvalue weighted by Gasteiger charge is -2.22. The number of carbonyl (C=O) groups is 1. The first-order valence-electron chi connectivity index (χ1n) is 9.47. The number of benzene rings is 1. The Hall–Kier alpha value is -3.04. The average Bonchev–Trinajstić information content (AvgIpc) is 3.09. The number of fused-ring (bicyclic) bond motifs is 4. The van der Waals surface area contributed by atoms with E-state index >= 15 is 0 Å². The van der Waals surface area contributed by atoms with E-state index in [1.807, 2.05) is 6.92 Å². The van der Waals surface area contributed by atoms with E-state index in [4.69, 9.17) is 4.74 Å². The molecule has 3 heterocycles. The second kappa shape index (κ2) is 8.14. The zero-order valence-electron chi connectivity index (χ0n) is 15.9. The Morgan fingerprint density at radius 2 is 2.21 bits per heavy atom. The number of hydrogen-bond acceptors (Lipinski definition) is 5. The van der Waals surface area contributed by atoms with E-state index in [1.54, 1.807) is 29.1 Å². The molecule has 1 aromatic carbocycles. The van der Waals surface area contributed by atoms with Gasteiger partial charge in [-0.15, -0.1) is 0 Å². The van der Waals surface area contributed by atoms with Crippen LogP contribution in [0.25, 0.3) is 10.9 Å². The molecule has 0 saturated heterocycles. The van der Waals surface area contributed by atoms with Crippen LogP contribution < -0.4 is 10.6 Å². The molecule has 0 saturated carbocycles. The molecule has 8 nitrogen and oxygen atoms in total. The molecule has 0 fully saturated rings. The number of carbonyl (C=O) groups excluding carboxylic acids is 1. The lowest BCUT2D eigenvalue weighted by atomic mass is 10.1. The van der Waals surface area contributed by atoms with E-state index in [0.29, 0.717) is 23.6 Å². The SMILES string of the molecule is CCn1ncc2cc3nc(c21)C[C@@H](O)COC[C@H](c1cccc(F)c1)NC(=O)N3. The number of nitrogens with one attached hydrogen (secondary N) is 2. The van der Waals surface area contributed by atoms with Gasteiger partial charge >= 0.3 is 6.03 Å². The van der Waals surface area contributed by atoms with Crippen molar-refractivity contribution in [3.05, 3.63) is 53.6 Å². The first-order chi connectivity index (χ1) is 14.0. The number of amides is 2. The Morgan fingerprint density at radius 1 is 1.34 bits per heavy atom. The number of hydrogen-bond donors (Lipinski definition) is 3. The molecule has 1 aliphatic heterocycles. The van der Waals surface area contributed by atoms with Crippen LogP contribution in [0.15, 0.2) is 36.5 Å². The van der Waals surface area contributed by atoms with Crippen molar-refractivity contribution >= 4 is 22.8 Å². The lowest BCUT2D eigenvalue weighted by Crippen LogP contribution is -2.36. The van der Waals surface area contributed by atoms with Crippen LogP contribution in [-0.4, -0.2) is 45.2 Å². The smallest absolute Gasteiger partial charge is 0.320 e. The molecule has 3 aromatic rings. The Morgan fingerprint density at radius 3 is 3.00 bits per heavy atom. The molecule has 0 unspecified atom stereocenters. The molecule has 4 rings (SSSR count). The zero-order chi connectivity index (χ0) is 20.4. The van der Waals surface area contributed by atoms with Crippen LogP contribution in [0.1, 0.15) is 24.2 Å². The van der Waals surface area contributed by atoms with Gasteiger partial charge in [0, 0.05) is 18.4 Å². The average molecular weight is 399 g/mol. The minimum absolute atomic E-state index is 0.0583. The molecule has 9 heteroatoms. The number of urea groups is 1. The summed E-state index contributed by atoms with van der Waals surface area (Å²) in [6.45, 7) is 2.79. The Kier molecular flexibility index (Phi) is 5.41. The largest absolute Gasteiger partial charge is 0.390 e. The van der Waals surface area contributed by atoms with Gasteiger partial charge in [0.05, 0.1) is 42.8 Å². The number of ether oxygens (including phenoxy) is 1. The number of aromatic nitrogens is 3. The van der Waals surface area contributed by atoms with Crippen molar-refractivity contribution in [2.45, 2.75) is 32.0 Å². The highest BCUT2D eigenvalue weighted by molar-refractivity contribution is 5.92. The number of aryl methyl sites for hydroxylation is 1. The van der Waals surface area contributed by atoms with Crippen LogP contribution >= 0.6 is 0 Å². The fraction of sp³-hybridized carbons (Fsp3) is 0.350. The molecular weight excluding hydrogens is 377 g/mol. The summed E-state index contributed by atoms with van der Waals surface area (Å²) in [6.07, 6.45) is 1.17. The van der Waals surface area contributed by atoms with E-state index < -0.39 is 24.0 Å². The van der Waals surface area contributed by atoms with Crippen molar-refractivity contribution in [2.75, 3.05) is 18.5 Å². The minimum Gasteiger partial charge on any atom is -0.390 e. The number of nitrogens with zero attached hydrogens (tertiary/aromatic N) is 3. The van der Waals surface area contributed by atoms with Gasteiger partial charge in [-0.1, -0.05) is 12.1 Å². The zero-order valence-corrected chi connectivity index (χ0v) is 15.9. The molecule has 152 valence electrons. The molecule has 2 bridgehead atoms. The van der Waals surface area contributed by atoms with Crippen molar-refractivity contribution in [2.24, 2.45) is 0 Å². The number of aliphatic hydroxyl groups is 1. The van der Waals surface area contributed by atoms with Gasteiger partial charge in [0.25, 0.3) is 0 Å². The van der Waals surface area contributed by atoms with Gasteiger partial charge in [-0.3, -0.25) is 10.00 Å². The van der Waals surface area contributed by atoms with Crippen molar-refractivity contribution in [3.8, 4) is 0 Å². The van der Waals surface area contributed by atoms with E-state index in [2.05, 4.69) is 20.7 Å². The van der Waals surface area contributed by atoms with Crippen LogP contribution in [0.2, 0.25) is 0 Å². The predicted octanol–water partition coefficient (Wildman–Crippen LogP) is 2.39. The fourth-order valence-electron chi connectivity index (χ4n) is 3.50. The van der Waals surface area contributed by atoms with Gasteiger partial charge in [-0.05, 0) is 30.7 Å². The molecule has 2 atom stereocenters. The molecule has 0 spiro atoms. The monoisotopic (exact) mass is 399 g/mol. The second-order valence-electron chi connectivity index (χ2n) is 6.95. The topological polar surface area (TPSA) is 101 Å². The van der Waals surface area contributed by atoms with Crippen molar-refractivity contribution in [1.29, 1.82) is 0 Å². The summed E-state index contributed by atoms with van der Waals surface area (Å²) < 4.78 is 21.1. The van der Waals surface area contributed by atoms with Gasteiger partial charge in [0.1, 0.15) is 11.6 Å². The lowest BCUT2D eigenvalue weighted by molar-refractivity contribution is 0.0283. The predicted molar refractivity (Wildman–Crippen MR) is 105 cm³/mol. The van der Waals surface area contributed by atoms with Gasteiger partial charge in [0.2, 0.25) is 0 Å². The summed E-state index contributed by atoms with van der Waals surface area (Å²) in [5.74, 6) is -0.0482. The van der Waals surface area contributed by atoms with Crippen molar-refractivity contribution < 1.29 is 19.0 Å². The van der Waals surface area contributed by atoms with Crippen molar-refractivity contribution in [3.63, 3.8) is 0 Å². The minimum atomic E-state index is -0.788. The van der Waals surface area contributed by atoms with Crippen LogP contribution in [0.4, 0.5) is 15.0 Å². The van der Waals surface area contributed by atoms with Crippen LogP contribution in [0, 0.1) is 5.82 Å². The summed E-state index contributed by atoms with van der Waals surface area (Å²) in [4.78, 5) is 17.1. The van der Waals surface area contributed by atoms with Gasteiger partial charge in [-0.25, -0.2) is 14.2 Å². The van der Waals surface area contributed by atoms with Crippen molar-refractivity contribution in [1.82, 2.24) is 20.1 Å². The summed E-state index contributed by atoms with van der Waals surface area (Å²) in [6, 6.07) is 6.64. The molecule has 2 aromatic heterocycles. The van der Waals surface area contributed by atoms with Gasteiger partial charge < -0.3 is 15.2 Å². The molecule has 0 aliphatic carbocycles. The summed E-state index contributed by atoms with van der Waals surface area (Å²) in [7, 11) is 0. The Labute approximate surface area is 166 Å². The molecule has 1 aliphatic rings. The third-order valence-corrected chi connectivity index (χ3v) is 4.81. The summed E-state index contributed by atoms with van der Waals surface area (Å²) >= 11 is 0. The molecular formula is C20H22FN5O3. The highest BCUT2D eigenvalue weighted by Gasteiger charge is 2.21. The van der Waals surface area contributed by atoms with E-state index in [-0.39, 0.29) is 19.6 Å². The molecule has 3 N–H and O–H groups in total. The van der Waals surface area contributed by atoms with Crippen LogP contribution in [0.5, 0.6) is 0 Å². The normalized spacial score (nSPS) is 20.4. The maximum Gasteiger partial charge on any atom is 0.320 e. The molecule has 29 heavy (non-hydrogen) atoms. The number of pyridine rings is 1. The second-order valence-corrected chi connectivity index (χ2v) is 6.95. The van der Waals surface area contributed by atoms with E-state index in [9.17, 15) is 14.3 Å². The van der Waals surface area contributed by atoms with Gasteiger partial charge in [0.15, 0.2) is 0 Å². The highest BCUT2D eigenvalue weighted by Crippen LogP contribution is 2.23. The maximum absolute atomic E-state index is 13.6. The number of anilines is 1. The first-order valence-corrected chi connectivity index (χ1v) is 9.47. The molecule has 2 amide bonds. The fourth-order valence-corrected chi connectivity index (χ4v) is 3.50. The number of aliphatic hydroxyl groups excluding tert-OH is 1. The van der Waals surface area contributed by atoms with E-state index in [1.165, 1.54) is 12.1 Å². The number of rotatable bonds is 2. The Bertz CT molecular complexity index is 1040. The Balaban J connectivity index is 1.68. The summed E-state index contributed by atoms with van der Waals surface area (Å²) in [5.41, 5.74) is 2.03. The standard InChI is InChI=1S/C20H22FN5O3/c1-2-26-19-13(9-22-26)7-18-23-16(19)8-15(27)10-29-11-17(24-20(28)25-18)12-4-3-5-14(21)6-12/h3-7,9,15,17,27H,2,8,10-11H2,1H3,(H2,23,24,25,28)/t15-,17-/m1/s1. The first kappa shape index (κ1) is 19.3. The number of halogens is 1. The third-order valence-electron chi connectivity index (χ3n) is 4.81. The summed E-state index contributed by atoms with van der Waals surface area (Å²) in [5, 5.41) is 21.1. The van der Waals surface area contributed by atoms with Gasteiger partial charge in [-0.2, -0.15) is 5.10 Å².